The number of aliphatic hydroxyl groups excluding tert-OH is 1. The molecule has 85 heavy (non-hydrogen) atoms. The van der Waals surface area contributed by atoms with Crippen molar-refractivity contribution in [2.24, 2.45) is 34.0 Å². The van der Waals surface area contributed by atoms with Crippen molar-refractivity contribution in [3.8, 4) is 5.75 Å². The third-order valence-corrected chi connectivity index (χ3v) is 16.8. The van der Waals surface area contributed by atoms with Crippen LogP contribution < -0.4 is 70.2 Å². The van der Waals surface area contributed by atoms with E-state index in [-0.39, 0.29) is 45.1 Å². The number of thioether (sulfide) groups is 1. The molecule has 11 amide bonds. The summed E-state index contributed by atoms with van der Waals surface area (Å²) < 4.78 is 5.37. The largest absolute Gasteiger partial charge is 0.497 e. The molecule has 9 atom stereocenters. The summed E-state index contributed by atoms with van der Waals surface area (Å²) in [6.07, 6.45) is 2.38. The molecule has 0 aliphatic heterocycles. The maximum atomic E-state index is 14.4. The van der Waals surface area contributed by atoms with Gasteiger partial charge in [-0.25, -0.2) is 0 Å². The SMILES string of the molecule is CC[C@H](C)[C@H](NC(=O)[C@H](Cc1ccc(OC)cc1)NC(=O)CC1(SCCC(N)=O)CCCCC1)C(=O)N[C@H](C(=O)N[C@@H](CC(N)=O)C(=O)N[C@@H](CS)C(=O)NCC(=O)N[C@@H](CCCN)C(=O)N[C@@H](Cc1ccc(N=[N+]=[N-])c(I)c1)C(N)=O)[C@@H](C)O. The maximum Gasteiger partial charge on any atom is 0.245 e. The Labute approximate surface area is 516 Å². The number of hydrogen-bond donors (Lipinski definition) is 14. The zero-order chi connectivity index (χ0) is 63.4. The van der Waals surface area contributed by atoms with Crippen LogP contribution in [0, 0.1) is 9.49 Å². The molecule has 2 aromatic carbocycles. The number of aliphatic hydroxyl groups is 1. The molecule has 1 saturated carbocycles. The fourth-order valence-corrected chi connectivity index (χ4v) is 11.6. The van der Waals surface area contributed by atoms with Gasteiger partial charge >= 0.3 is 0 Å². The quantitative estimate of drug-likeness (QED) is 0.0136. The molecule has 17 N–H and O–H groups in total. The molecule has 1 fully saturated rings. The topological polar surface area (TPSA) is 466 Å². The van der Waals surface area contributed by atoms with Gasteiger partial charge in [-0.15, -0.1) is 0 Å². The van der Waals surface area contributed by atoms with Gasteiger partial charge in [-0.1, -0.05) is 68.9 Å². The van der Waals surface area contributed by atoms with Crippen LogP contribution in [0.15, 0.2) is 47.6 Å². The molecular weight excluding hydrogens is 1260 g/mol. The second-order valence-electron chi connectivity index (χ2n) is 20.6. The van der Waals surface area contributed by atoms with Crippen LogP contribution in [0.3, 0.4) is 0 Å². The summed E-state index contributed by atoms with van der Waals surface area (Å²) >= 11 is 7.61. The first-order chi connectivity index (χ1) is 40.3. The molecular formula is C54H80IN15O13S2. The van der Waals surface area contributed by atoms with E-state index in [2.05, 4.69) is 65.2 Å². The number of rotatable bonds is 37. The van der Waals surface area contributed by atoms with Gasteiger partial charge in [0.25, 0.3) is 0 Å². The van der Waals surface area contributed by atoms with Gasteiger partial charge in [-0.2, -0.15) is 24.4 Å². The van der Waals surface area contributed by atoms with Gasteiger partial charge in [0.1, 0.15) is 48.0 Å². The van der Waals surface area contributed by atoms with Crippen molar-refractivity contribution in [1.29, 1.82) is 0 Å². The molecule has 0 bridgehead atoms. The third-order valence-electron chi connectivity index (χ3n) is 14.0. The van der Waals surface area contributed by atoms with Crippen molar-refractivity contribution >= 4 is 118 Å². The number of amides is 11. The van der Waals surface area contributed by atoms with Gasteiger partial charge in [0, 0.05) is 50.4 Å². The summed E-state index contributed by atoms with van der Waals surface area (Å²) in [4.78, 5) is 149. The number of thiol groups is 1. The van der Waals surface area contributed by atoms with Crippen LogP contribution in [0.1, 0.15) is 103 Å². The highest BCUT2D eigenvalue weighted by Crippen LogP contribution is 2.43. The summed E-state index contributed by atoms with van der Waals surface area (Å²) in [7, 11) is 1.50. The first kappa shape index (κ1) is 72.3. The van der Waals surface area contributed by atoms with E-state index in [0.29, 0.717) is 51.1 Å². The standard InChI is InChI=1S/C54H80IN15O13S2/c1-5-29(2)45(67-51(80)38(23-31-11-14-33(83-4)15-12-31)63-43(74)26-54(18-7-6-8-19-54)85-21-17-41(57)72)52(81)68-46(30(3)71)53(82)65-39(25-42(58)73)50(79)66-40(28-84)48(77)61-27-44(75)62-36(10-9-20-56)49(78)64-37(47(59)76)24-32-13-16-35(69-70-60)34(55)22-32/h11-16,22,29-30,36-40,45-46,71,84H,5-10,17-21,23-28,56H2,1-4H3,(H2,57,72)(H2,58,73)(H2,59,76)(H,61,77)(H,62,75)(H,63,74)(H,64,78)(H,65,82)(H,66,79)(H,67,80)(H,68,81)/t29-,30+,36-,37-,38-,39-,40-,45-,46-/m0/s1. The normalized spacial score (nSPS) is 15.8. The van der Waals surface area contributed by atoms with Crippen LogP contribution in [0.4, 0.5) is 5.69 Å². The van der Waals surface area contributed by atoms with Crippen LogP contribution in [0.5, 0.6) is 5.75 Å². The number of carbonyl (C=O) groups excluding carboxylic acids is 11. The van der Waals surface area contributed by atoms with Crippen LogP contribution in [0.25, 0.3) is 10.4 Å². The number of hydrogen-bond acceptors (Lipinski definition) is 17. The highest BCUT2D eigenvalue weighted by atomic mass is 127. The lowest BCUT2D eigenvalue weighted by Gasteiger charge is -2.37. The van der Waals surface area contributed by atoms with E-state index in [1.165, 1.54) is 24.9 Å². The number of halogens is 1. The third kappa shape index (κ3) is 24.9. The lowest BCUT2D eigenvalue weighted by molar-refractivity contribution is -0.138. The molecule has 0 radical (unpaired) electrons. The minimum Gasteiger partial charge on any atom is -0.497 e. The van der Waals surface area contributed by atoms with E-state index in [4.69, 9.17) is 33.2 Å². The average Bonchev–Trinajstić information content (AvgIpc) is 3.60. The Balaban J connectivity index is 1.75. The summed E-state index contributed by atoms with van der Waals surface area (Å²) in [5.74, 6) is -9.50. The number of nitrogens with zero attached hydrogens (tertiary/aromatic N) is 3. The number of carbonyl (C=O) groups is 11. The molecule has 0 spiro atoms. The smallest absolute Gasteiger partial charge is 0.245 e. The van der Waals surface area contributed by atoms with Crippen molar-refractivity contribution in [1.82, 2.24) is 42.5 Å². The summed E-state index contributed by atoms with van der Waals surface area (Å²) in [5, 5.41) is 34.5. The number of azide groups is 1. The van der Waals surface area contributed by atoms with Crippen molar-refractivity contribution in [3.05, 3.63) is 67.6 Å². The Hall–Kier alpha value is -6.93. The van der Waals surface area contributed by atoms with Gasteiger partial charge in [0.15, 0.2) is 0 Å². The molecule has 1 aliphatic carbocycles. The molecule has 0 saturated heterocycles. The highest BCUT2D eigenvalue weighted by molar-refractivity contribution is 14.1. The first-order valence-corrected chi connectivity index (χ1v) is 30.3. The number of nitrogens with one attached hydrogen (secondary N) is 8. The first-order valence-electron chi connectivity index (χ1n) is 27.6. The molecule has 2 aromatic rings. The van der Waals surface area contributed by atoms with Crippen molar-refractivity contribution in [2.45, 2.75) is 157 Å². The molecule has 0 aromatic heterocycles. The predicted octanol–water partition coefficient (Wildman–Crippen LogP) is -0.306. The zero-order valence-corrected chi connectivity index (χ0v) is 51.9. The van der Waals surface area contributed by atoms with Crippen molar-refractivity contribution in [2.75, 3.05) is 31.7 Å². The second-order valence-corrected chi connectivity index (χ2v) is 23.7. The fraction of sp³-hybridized carbons (Fsp3) is 0.574. The number of ether oxygens (including phenoxy) is 1. The van der Waals surface area contributed by atoms with Crippen molar-refractivity contribution in [3.63, 3.8) is 0 Å². The van der Waals surface area contributed by atoms with Crippen LogP contribution in [-0.4, -0.2) is 155 Å². The molecule has 468 valence electrons. The summed E-state index contributed by atoms with van der Waals surface area (Å²) in [6.45, 7) is 3.95. The Morgan fingerprint density at radius 1 is 0.741 bits per heavy atom. The van der Waals surface area contributed by atoms with Gasteiger partial charge in [-0.3, -0.25) is 52.7 Å². The van der Waals surface area contributed by atoms with Crippen molar-refractivity contribution < 1.29 is 62.6 Å². The number of nitrogens with two attached hydrogens (primary N) is 4. The molecule has 0 heterocycles. The second kappa shape index (κ2) is 36.8. The minimum absolute atomic E-state index is 0.00925. The maximum absolute atomic E-state index is 14.4. The molecule has 31 heteroatoms. The monoisotopic (exact) mass is 1340 g/mol. The molecule has 3 rings (SSSR count). The summed E-state index contributed by atoms with van der Waals surface area (Å²) in [6, 6.07) is 1.36. The fourth-order valence-electron chi connectivity index (χ4n) is 9.09. The Kier molecular flexibility index (Phi) is 31.3. The molecule has 1 aliphatic rings. The Morgan fingerprint density at radius 2 is 1.32 bits per heavy atom. The van der Waals surface area contributed by atoms with Gasteiger partial charge in [0.2, 0.25) is 65.0 Å². The average molecular weight is 1340 g/mol. The molecule has 28 nitrogen and oxygen atoms in total. The van der Waals surface area contributed by atoms with E-state index in [0.717, 1.165) is 26.2 Å². The van der Waals surface area contributed by atoms with Gasteiger partial charge in [0.05, 0.1) is 31.9 Å². The number of primary amides is 3. The lowest BCUT2D eigenvalue weighted by atomic mass is 9.85. The van der Waals surface area contributed by atoms with Crippen LogP contribution >= 0.6 is 47.0 Å². The Bertz CT molecular complexity index is 2720. The van der Waals surface area contributed by atoms with E-state index >= 15 is 0 Å². The van der Waals surface area contributed by atoms with E-state index in [9.17, 15) is 57.8 Å². The van der Waals surface area contributed by atoms with Crippen LogP contribution in [-0.2, 0) is 65.6 Å². The zero-order valence-electron chi connectivity index (χ0n) is 48.0. The Morgan fingerprint density at radius 3 is 1.88 bits per heavy atom. The van der Waals surface area contributed by atoms with E-state index in [1.54, 1.807) is 50.2 Å². The number of methoxy groups -OCH3 is 1. The summed E-state index contributed by atoms with van der Waals surface area (Å²) in [5.41, 5.74) is 32.5. The lowest BCUT2D eigenvalue weighted by Crippen LogP contribution is -2.62. The van der Waals surface area contributed by atoms with Crippen LogP contribution in [0.2, 0.25) is 0 Å². The van der Waals surface area contributed by atoms with Gasteiger partial charge in [-0.05, 0) is 103 Å². The van der Waals surface area contributed by atoms with Gasteiger partial charge < -0.3 is 75.3 Å². The van der Waals surface area contributed by atoms with E-state index in [1.807, 2.05) is 22.6 Å². The van der Waals surface area contributed by atoms with E-state index < -0.39 is 143 Å². The highest BCUT2D eigenvalue weighted by Gasteiger charge is 2.39. The number of benzene rings is 2. The minimum atomic E-state index is -1.82. The predicted molar refractivity (Wildman–Crippen MR) is 328 cm³/mol. The molecule has 0 unspecified atom stereocenters.